The maximum Gasteiger partial charge on any atom is 0.225 e. The van der Waals surface area contributed by atoms with E-state index < -0.39 is 0 Å². The molecule has 0 N–H and O–H groups in total. The van der Waals surface area contributed by atoms with Crippen LogP contribution in [0.5, 0.6) is 0 Å². The Bertz CT molecular complexity index is 662. The number of rotatable bonds is 5. The first-order chi connectivity index (χ1) is 12.3. The van der Waals surface area contributed by atoms with Crippen LogP contribution in [0.3, 0.4) is 0 Å². The van der Waals surface area contributed by atoms with Crippen molar-refractivity contribution in [3.8, 4) is 0 Å². The average Bonchev–Trinajstić information content (AvgIpc) is 3.32. The van der Waals surface area contributed by atoms with Crippen LogP contribution in [-0.4, -0.2) is 50.8 Å². The predicted molar refractivity (Wildman–Crippen MR) is 98.3 cm³/mol. The van der Waals surface area contributed by atoms with E-state index in [1.807, 2.05) is 29.3 Å². The number of piperidine rings is 1. The Morgan fingerprint density at radius 3 is 2.52 bits per heavy atom. The third-order valence-corrected chi connectivity index (χ3v) is 5.77. The number of likely N-dealkylation sites (tertiary alicyclic amines) is 1. The molecule has 6 nitrogen and oxygen atoms in total. The molecule has 2 aliphatic rings. The Hall–Kier alpha value is -1.95. The summed E-state index contributed by atoms with van der Waals surface area (Å²) >= 11 is 0. The van der Waals surface area contributed by atoms with E-state index in [1.54, 1.807) is 0 Å². The number of aromatic nitrogens is 4. The van der Waals surface area contributed by atoms with Gasteiger partial charge in [-0.05, 0) is 50.6 Å². The van der Waals surface area contributed by atoms with Crippen molar-refractivity contribution in [3.63, 3.8) is 0 Å². The van der Waals surface area contributed by atoms with Gasteiger partial charge in [0, 0.05) is 56.9 Å². The monoisotopic (exact) mass is 340 g/mol. The van der Waals surface area contributed by atoms with Gasteiger partial charge in [-0.2, -0.15) is 5.10 Å². The summed E-state index contributed by atoms with van der Waals surface area (Å²) in [4.78, 5) is 13.7. The summed E-state index contributed by atoms with van der Waals surface area (Å²) in [6.07, 6.45) is 11.8. The molecule has 2 fully saturated rings. The van der Waals surface area contributed by atoms with Crippen molar-refractivity contribution in [1.82, 2.24) is 24.6 Å². The van der Waals surface area contributed by atoms with E-state index in [2.05, 4.69) is 38.0 Å². The molecule has 0 aliphatic carbocycles. The lowest BCUT2D eigenvalue weighted by atomic mass is 9.84. The summed E-state index contributed by atoms with van der Waals surface area (Å²) in [5, 5.41) is 4.40. The first-order valence-electron chi connectivity index (χ1n) is 9.57. The topological polar surface area (TPSA) is 50.1 Å². The second-order valence-electron chi connectivity index (χ2n) is 7.36. The lowest BCUT2D eigenvalue weighted by molar-refractivity contribution is 0.252. The predicted octanol–water partition coefficient (Wildman–Crippen LogP) is 2.43. The van der Waals surface area contributed by atoms with Crippen LogP contribution in [0.25, 0.3) is 0 Å². The van der Waals surface area contributed by atoms with Gasteiger partial charge in [-0.3, -0.25) is 9.58 Å². The lowest BCUT2D eigenvalue weighted by Crippen LogP contribution is -2.37. The molecular weight excluding hydrogens is 312 g/mol. The molecule has 2 saturated heterocycles. The molecule has 134 valence electrons. The van der Waals surface area contributed by atoms with Crippen LogP contribution >= 0.6 is 0 Å². The van der Waals surface area contributed by atoms with Gasteiger partial charge in [0.15, 0.2) is 0 Å². The summed E-state index contributed by atoms with van der Waals surface area (Å²) in [6, 6.07) is 1.88. The zero-order valence-electron chi connectivity index (χ0n) is 15.1. The summed E-state index contributed by atoms with van der Waals surface area (Å²) in [7, 11) is 0. The van der Waals surface area contributed by atoms with Crippen molar-refractivity contribution in [2.45, 2.75) is 39.3 Å². The van der Waals surface area contributed by atoms with Crippen molar-refractivity contribution in [2.75, 3.05) is 31.1 Å². The van der Waals surface area contributed by atoms with Crippen molar-refractivity contribution in [1.29, 1.82) is 0 Å². The molecule has 0 aromatic carbocycles. The van der Waals surface area contributed by atoms with Crippen molar-refractivity contribution >= 4 is 5.95 Å². The molecule has 4 rings (SSSR count). The molecule has 25 heavy (non-hydrogen) atoms. The molecule has 2 aromatic heterocycles. The van der Waals surface area contributed by atoms with Gasteiger partial charge in [-0.25, -0.2) is 9.97 Å². The van der Waals surface area contributed by atoms with Crippen LogP contribution < -0.4 is 4.90 Å². The SMILES string of the molecule is CCn1cc(CN2CC[C@@H](C3CCN(c4ncccn4)CC3)C2)cn1. The largest absolute Gasteiger partial charge is 0.341 e. The van der Waals surface area contributed by atoms with Gasteiger partial charge >= 0.3 is 0 Å². The highest BCUT2D eigenvalue weighted by molar-refractivity contribution is 5.28. The molecule has 0 radical (unpaired) electrons. The highest BCUT2D eigenvalue weighted by Crippen LogP contribution is 2.33. The van der Waals surface area contributed by atoms with Crippen molar-refractivity contribution < 1.29 is 0 Å². The molecule has 1 atom stereocenters. The summed E-state index contributed by atoms with van der Waals surface area (Å²) in [6.45, 7) is 8.78. The van der Waals surface area contributed by atoms with E-state index in [-0.39, 0.29) is 0 Å². The Morgan fingerprint density at radius 2 is 1.80 bits per heavy atom. The van der Waals surface area contributed by atoms with Crippen molar-refractivity contribution in [3.05, 3.63) is 36.4 Å². The van der Waals surface area contributed by atoms with Gasteiger partial charge in [-0.1, -0.05) is 0 Å². The van der Waals surface area contributed by atoms with E-state index in [0.29, 0.717) is 0 Å². The molecule has 0 bridgehead atoms. The second-order valence-corrected chi connectivity index (χ2v) is 7.36. The minimum absolute atomic E-state index is 0.847. The van der Waals surface area contributed by atoms with E-state index in [4.69, 9.17) is 0 Å². The van der Waals surface area contributed by atoms with Crippen molar-refractivity contribution in [2.24, 2.45) is 11.8 Å². The third-order valence-electron chi connectivity index (χ3n) is 5.77. The number of aryl methyl sites for hydroxylation is 1. The molecular formula is C19H28N6. The van der Waals surface area contributed by atoms with Gasteiger partial charge < -0.3 is 4.90 Å². The fourth-order valence-electron chi connectivity index (χ4n) is 4.34. The molecule has 0 spiro atoms. The lowest BCUT2D eigenvalue weighted by Gasteiger charge is -2.34. The van der Waals surface area contributed by atoms with Gasteiger partial charge in [-0.15, -0.1) is 0 Å². The molecule has 0 amide bonds. The Kier molecular flexibility index (Phi) is 4.97. The maximum atomic E-state index is 4.40. The Morgan fingerprint density at radius 1 is 1.04 bits per heavy atom. The molecule has 4 heterocycles. The fourth-order valence-corrected chi connectivity index (χ4v) is 4.34. The normalized spacial score (nSPS) is 22.6. The van der Waals surface area contributed by atoms with E-state index in [0.717, 1.165) is 44.0 Å². The highest BCUT2D eigenvalue weighted by atomic mass is 15.3. The van der Waals surface area contributed by atoms with E-state index in [9.17, 15) is 0 Å². The number of anilines is 1. The molecule has 2 aliphatic heterocycles. The third kappa shape index (κ3) is 3.84. The second kappa shape index (κ2) is 7.52. The quantitative estimate of drug-likeness (QED) is 0.837. The van der Waals surface area contributed by atoms with Gasteiger partial charge in [0.2, 0.25) is 5.95 Å². The first-order valence-corrected chi connectivity index (χ1v) is 9.57. The molecule has 6 heteroatoms. The standard InChI is InChI=1S/C19H28N6/c1-2-25-14-16(12-22-25)13-23-9-4-18(15-23)17-5-10-24(11-6-17)19-20-7-3-8-21-19/h3,7-8,12,14,17-18H,2,4-6,9-11,13,15H2,1H3/t18-/m1/s1. The number of hydrogen-bond acceptors (Lipinski definition) is 5. The smallest absolute Gasteiger partial charge is 0.225 e. The zero-order valence-corrected chi connectivity index (χ0v) is 15.1. The van der Waals surface area contributed by atoms with Gasteiger partial charge in [0.05, 0.1) is 6.20 Å². The minimum Gasteiger partial charge on any atom is -0.341 e. The minimum atomic E-state index is 0.847. The zero-order chi connectivity index (χ0) is 17.1. The maximum absolute atomic E-state index is 4.40. The summed E-state index contributed by atoms with van der Waals surface area (Å²) in [5.41, 5.74) is 1.35. The van der Waals surface area contributed by atoms with E-state index in [1.165, 1.54) is 37.9 Å². The van der Waals surface area contributed by atoms with Crippen LogP contribution in [0.2, 0.25) is 0 Å². The van der Waals surface area contributed by atoms with Crippen LogP contribution in [0, 0.1) is 11.8 Å². The average molecular weight is 340 g/mol. The van der Waals surface area contributed by atoms with Crippen LogP contribution in [-0.2, 0) is 13.1 Å². The number of hydrogen-bond donors (Lipinski definition) is 0. The fraction of sp³-hybridized carbons (Fsp3) is 0.632. The molecule has 0 unspecified atom stereocenters. The van der Waals surface area contributed by atoms with E-state index >= 15 is 0 Å². The van der Waals surface area contributed by atoms with Gasteiger partial charge in [0.1, 0.15) is 0 Å². The van der Waals surface area contributed by atoms with Crippen LogP contribution in [0.4, 0.5) is 5.95 Å². The molecule has 0 saturated carbocycles. The van der Waals surface area contributed by atoms with Gasteiger partial charge in [0.25, 0.3) is 0 Å². The summed E-state index contributed by atoms with van der Waals surface area (Å²) < 4.78 is 2.02. The summed E-state index contributed by atoms with van der Waals surface area (Å²) in [5.74, 6) is 2.59. The number of nitrogens with zero attached hydrogens (tertiary/aromatic N) is 6. The Labute approximate surface area is 149 Å². The Balaban J connectivity index is 1.27. The van der Waals surface area contributed by atoms with Crippen LogP contribution in [0.15, 0.2) is 30.9 Å². The first kappa shape index (κ1) is 16.5. The van der Waals surface area contributed by atoms with Crippen LogP contribution in [0.1, 0.15) is 31.7 Å². The molecule has 2 aromatic rings. The highest BCUT2D eigenvalue weighted by Gasteiger charge is 2.32.